The van der Waals surface area contributed by atoms with Crippen LogP contribution in [0.2, 0.25) is 0 Å². The van der Waals surface area contributed by atoms with Gasteiger partial charge in [-0.15, -0.1) is 0 Å². The zero-order valence-corrected chi connectivity index (χ0v) is 15.7. The molecule has 1 amide bonds. The maximum absolute atomic E-state index is 12.8. The highest BCUT2D eigenvalue weighted by Gasteiger charge is 2.28. The van der Waals surface area contributed by atoms with Gasteiger partial charge in [-0.3, -0.25) is 14.5 Å². The lowest BCUT2D eigenvalue weighted by molar-refractivity contribution is -0.0503. The van der Waals surface area contributed by atoms with Gasteiger partial charge in [0.1, 0.15) is 11.6 Å². The quantitative estimate of drug-likeness (QED) is 0.844. The van der Waals surface area contributed by atoms with Gasteiger partial charge in [0.05, 0.1) is 11.6 Å². The summed E-state index contributed by atoms with van der Waals surface area (Å²) in [4.78, 5) is 35.3. The minimum atomic E-state index is -2.99. The SMILES string of the molecule is Cc1cc(=O)[nH]c(C(C)N2CCN(C(=O)c3ccccc3OC(F)F)CC2)n1. The molecule has 1 aliphatic heterocycles. The molecule has 0 radical (unpaired) electrons. The highest BCUT2D eigenvalue weighted by molar-refractivity contribution is 5.97. The number of nitrogens with one attached hydrogen (secondary N) is 1. The van der Waals surface area contributed by atoms with E-state index in [2.05, 4.69) is 19.6 Å². The number of para-hydroxylation sites is 1. The molecule has 1 fully saturated rings. The van der Waals surface area contributed by atoms with Crippen LogP contribution >= 0.6 is 0 Å². The largest absolute Gasteiger partial charge is 0.434 e. The lowest BCUT2D eigenvalue weighted by atomic mass is 10.1. The monoisotopic (exact) mass is 392 g/mol. The summed E-state index contributed by atoms with van der Waals surface area (Å²) in [7, 11) is 0. The molecule has 2 heterocycles. The zero-order chi connectivity index (χ0) is 20.3. The number of aromatic amines is 1. The van der Waals surface area contributed by atoms with Gasteiger partial charge in [-0.1, -0.05) is 12.1 Å². The summed E-state index contributed by atoms with van der Waals surface area (Å²) in [5.74, 6) is 0.117. The molecule has 1 aromatic heterocycles. The maximum Gasteiger partial charge on any atom is 0.387 e. The van der Waals surface area contributed by atoms with Crippen LogP contribution in [0.15, 0.2) is 35.1 Å². The van der Waals surface area contributed by atoms with Crippen LogP contribution in [0.25, 0.3) is 0 Å². The number of hydrogen-bond donors (Lipinski definition) is 1. The summed E-state index contributed by atoms with van der Waals surface area (Å²) in [6.07, 6.45) is 0. The Morgan fingerprint density at radius 1 is 1.21 bits per heavy atom. The summed E-state index contributed by atoms with van der Waals surface area (Å²) < 4.78 is 29.6. The molecule has 0 bridgehead atoms. The van der Waals surface area contributed by atoms with Crippen molar-refractivity contribution in [2.24, 2.45) is 0 Å². The molecule has 1 atom stereocenters. The van der Waals surface area contributed by atoms with Crippen molar-refractivity contribution in [3.8, 4) is 5.75 Å². The van der Waals surface area contributed by atoms with E-state index in [9.17, 15) is 18.4 Å². The van der Waals surface area contributed by atoms with Crippen LogP contribution in [-0.4, -0.2) is 58.5 Å². The van der Waals surface area contributed by atoms with Gasteiger partial charge in [0.2, 0.25) is 0 Å². The molecular weight excluding hydrogens is 370 g/mol. The van der Waals surface area contributed by atoms with Crippen molar-refractivity contribution in [3.63, 3.8) is 0 Å². The van der Waals surface area contributed by atoms with Crippen LogP contribution in [-0.2, 0) is 0 Å². The first-order valence-electron chi connectivity index (χ1n) is 9.00. The number of aromatic nitrogens is 2. The van der Waals surface area contributed by atoms with E-state index < -0.39 is 6.61 Å². The van der Waals surface area contributed by atoms with Crippen molar-refractivity contribution in [3.05, 3.63) is 57.8 Å². The number of ether oxygens (including phenoxy) is 1. The Bertz CT molecular complexity index is 895. The molecule has 1 unspecified atom stereocenters. The van der Waals surface area contributed by atoms with Crippen molar-refractivity contribution in [2.75, 3.05) is 26.2 Å². The van der Waals surface area contributed by atoms with E-state index in [1.54, 1.807) is 24.0 Å². The van der Waals surface area contributed by atoms with Gasteiger partial charge in [0.25, 0.3) is 11.5 Å². The Labute approximate surface area is 160 Å². The van der Waals surface area contributed by atoms with Gasteiger partial charge in [-0.05, 0) is 26.0 Å². The highest BCUT2D eigenvalue weighted by atomic mass is 19.3. The van der Waals surface area contributed by atoms with Crippen molar-refractivity contribution in [1.82, 2.24) is 19.8 Å². The molecule has 7 nitrogen and oxygen atoms in total. The number of amides is 1. The number of aryl methyl sites for hydroxylation is 1. The molecule has 0 saturated carbocycles. The summed E-state index contributed by atoms with van der Waals surface area (Å²) in [5.41, 5.74) is 0.572. The number of rotatable bonds is 5. The number of carbonyl (C=O) groups is 1. The van der Waals surface area contributed by atoms with Crippen LogP contribution in [0.4, 0.5) is 8.78 Å². The van der Waals surface area contributed by atoms with E-state index in [0.29, 0.717) is 37.7 Å². The van der Waals surface area contributed by atoms with Crippen molar-refractivity contribution in [1.29, 1.82) is 0 Å². The zero-order valence-electron chi connectivity index (χ0n) is 15.7. The second-order valence-corrected chi connectivity index (χ2v) is 6.65. The van der Waals surface area contributed by atoms with Crippen molar-refractivity contribution < 1.29 is 18.3 Å². The number of nitrogens with zero attached hydrogens (tertiary/aromatic N) is 3. The fourth-order valence-electron chi connectivity index (χ4n) is 3.30. The molecule has 9 heteroatoms. The predicted octanol–water partition coefficient (Wildman–Crippen LogP) is 2.20. The van der Waals surface area contributed by atoms with E-state index >= 15 is 0 Å². The van der Waals surface area contributed by atoms with E-state index in [4.69, 9.17) is 0 Å². The average molecular weight is 392 g/mol. The van der Waals surface area contributed by atoms with Crippen LogP contribution in [0.5, 0.6) is 5.75 Å². The van der Waals surface area contributed by atoms with Gasteiger partial charge in [-0.2, -0.15) is 8.78 Å². The number of alkyl halides is 2. The lowest BCUT2D eigenvalue weighted by Crippen LogP contribution is -2.49. The number of H-pyrrole nitrogens is 1. The summed E-state index contributed by atoms with van der Waals surface area (Å²) in [6, 6.07) is 7.33. The molecule has 150 valence electrons. The summed E-state index contributed by atoms with van der Waals surface area (Å²) in [6.45, 7) is 2.73. The first-order chi connectivity index (χ1) is 13.3. The molecule has 1 saturated heterocycles. The second kappa shape index (κ2) is 8.47. The van der Waals surface area contributed by atoms with E-state index in [0.717, 1.165) is 0 Å². The first kappa shape index (κ1) is 19.9. The standard InChI is InChI=1S/C19H22F2N4O3/c1-12-11-16(26)23-17(22-12)13(2)24-7-9-25(10-8-24)18(27)14-5-3-4-6-15(14)28-19(20)21/h3-6,11,13,19H,7-10H2,1-2H3,(H,22,23,26). The maximum atomic E-state index is 12.8. The lowest BCUT2D eigenvalue weighted by Gasteiger charge is -2.37. The van der Waals surface area contributed by atoms with E-state index in [-0.39, 0.29) is 28.8 Å². The van der Waals surface area contributed by atoms with E-state index in [1.807, 2.05) is 6.92 Å². The fourth-order valence-corrected chi connectivity index (χ4v) is 3.30. The molecule has 28 heavy (non-hydrogen) atoms. The second-order valence-electron chi connectivity index (χ2n) is 6.65. The number of halogens is 2. The topological polar surface area (TPSA) is 78.5 Å². The van der Waals surface area contributed by atoms with Crippen LogP contribution in [0, 0.1) is 6.92 Å². The van der Waals surface area contributed by atoms with Gasteiger partial charge in [-0.25, -0.2) is 4.98 Å². The molecule has 1 aliphatic rings. The minimum Gasteiger partial charge on any atom is -0.434 e. The van der Waals surface area contributed by atoms with Gasteiger partial charge < -0.3 is 14.6 Å². The molecule has 2 aromatic rings. The average Bonchev–Trinajstić information content (AvgIpc) is 2.66. The van der Waals surface area contributed by atoms with Gasteiger partial charge >= 0.3 is 6.61 Å². The number of hydrogen-bond acceptors (Lipinski definition) is 5. The molecule has 0 aliphatic carbocycles. The Balaban J connectivity index is 1.67. The Kier molecular flexibility index (Phi) is 6.03. The normalized spacial score (nSPS) is 16.2. The highest BCUT2D eigenvalue weighted by Crippen LogP contribution is 2.24. The predicted molar refractivity (Wildman–Crippen MR) is 98.6 cm³/mol. The Morgan fingerprint density at radius 3 is 2.54 bits per heavy atom. The number of piperazine rings is 1. The third kappa shape index (κ3) is 4.53. The number of benzene rings is 1. The van der Waals surface area contributed by atoms with Crippen molar-refractivity contribution in [2.45, 2.75) is 26.5 Å². The van der Waals surface area contributed by atoms with Crippen LogP contribution < -0.4 is 10.3 Å². The molecule has 0 spiro atoms. The van der Waals surface area contributed by atoms with Gasteiger partial charge in [0, 0.05) is 37.9 Å². The molecular formula is C19H22F2N4O3. The first-order valence-corrected chi connectivity index (χ1v) is 9.00. The Hall–Kier alpha value is -2.81. The molecule has 1 aromatic carbocycles. The fraction of sp³-hybridized carbons (Fsp3) is 0.421. The summed E-state index contributed by atoms with van der Waals surface area (Å²) in [5, 5.41) is 0. The Morgan fingerprint density at radius 2 is 1.89 bits per heavy atom. The van der Waals surface area contributed by atoms with E-state index in [1.165, 1.54) is 18.2 Å². The molecule has 3 rings (SSSR count). The van der Waals surface area contributed by atoms with Crippen LogP contribution in [0.1, 0.15) is 34.8 Å². The van der Waals surface area contributed by atoms with Gasteiger partial charge in [0.15, 0.2) is 0 Å². The third-order valence-electron chi connectivity index (χ3n) is 4.77. The van der Waals surface area contributed by atoms with Crippen LogP contribution in [0.3, 0.4) is 0 Å². The van der Waals surface area contributed by atoms with Crippen molar-refractivity contribution >= 4 is 5.91 Å². The minimum absolute atomic E-state index is 0.112. The number of carbonyl (C=O) groups excluding carboxylic acids is 1. The smallest absolute Gasteiger partial charge is 0.387 e. The third-order valence-corrected chi connectivity index (χ3v) is 4.77. The molecule has 1 N–H and O–H groups in total. The summed E-state index contributed by atoms with van der Waals surface area (Å²) >= 11 is 0.